The number of nitrogens with zero attached hydrogens (tertiary/aromatic N) is 3. The van der Waals surface area contributed by atoms with E-state index < -0.39 is 34.6 Å². The second-order valence-electron chi connectivity index (χ2n) is 10.1. The molecule has 0 aliphatic carbocycles. The molecule has 3 unspecified atom stereocenters. The van der Waals surface area contributed by atoms with Gasteiger partial charge in [-0.25, -0.2) is 14.2 Å². The molecule has 1 aromatic rings. The van der Waals surface area contributed by atoms with Crippen molar-refractivity contribution in [3.05, 3.63) is 36.3 Å². The van der Waals surface area contributed by atoms with Crippen LogP contribution >= 0.6 is 11.6 Å². The molecule has 1 N–H and O–H groups in total. The van der Waals surface area contributed by atoms with Crippen molar-refractivity contribution < 1.29 is 19.0 Å². The minimum atomic E-state index is -2.57. The molecule has 2 aliphatic heterocycles. The number of carbonyl (C=O) groups is 1. The lowest BCUT2D eigenvalue weighted by Crippen LogP contribution is -2.65. The molecule has 1 fully saturated rings. The van der Waals surface area contributed by atoms with Crippen molar-refractivity contribution in [1.82, 2.24) is 9.88 Å². The summed E-state index contributed by atoms with van der Waals surface area (Å²) in [5, 5.41) is 9.59. The van der Waals surface area contributed by atoms with E-state index >= 15 is 4.39 Å². The number of aromatic nitrogens is 1. The van der Waals surface area contributed by atoms with Crippen molar-refractivity contribution in [3.8, 4) is 0 Å². The van der Waals surface area contributed by atoms with Crippen LogP contribution in [0.25, 0.3) is 5.57 Å². The molecule has 170 valence electrons. The molecule has 6 nitrogen and oxygen atoms in total. The molecule has 0 bridgehead atoms. The number of carboxylic acid groups (broad SMARTS) is 1. The average molecular weight is 452 g/mol. The van der Waals surface area contributed by atoms with Gasteiger partial charge in [-0.2, -0.15) is 0 Å². The van der Waals surface area contributed by atoms with E-state index in [1.54, 1.807) is 39.2 Å². The number of hydrogen-bond donors (Lipinski definition) is 1. The fourth-order valence-electron chi connectivity index (χ4n) is 4.17. The van der Waals surface area contributed by atoms with Crippen molar-refractivity contribution in [2.45, 2.75) is 70.9 Å². The Morgan fingerprint density at radius 3 is 2.52 bits per heavy atom. The van der Waals surface area contributed by atoms with Gasteiger partial charge in [-0.1, -0.05) is 31.5 Å². The number of aliphatic imine (C=N–C) groups is 1. The van der Waals surface area contributed by atoms with Crippen LogP contribution in [0.15, 0.2) is 35.7 Å². The summed E-state index contributed by atoms with van der Waals surface area (Å²) in [5.41, 5.74) is -2.12. The predicted octanol–water partition coefficient (Wildman–Crippen LogP) is 4.54. The van der Waals surface area contributed by atoms with Crippen LogP contribution in [0, 0.1) is 5.41 Å². The van der Waals surface area contributed by atoms with Crippen molar-refractivity contribution in [1.29, 1.82) is 0 Å². The topological polar surface area (TPSA) is 75.0 Å². The molecule has 3 heterocycles. The van der Waals surface area contributed by atoms with Gasteiger partial charge in [0.2, 0.25) is 5.67 Å². The number of pyridine rings is 1. The normalized spacial score (nSPS) is 27.9. The predicted molar refractivity (Wildman–Crippen MR) is 120 cm³/mol. The maximum absolute atomic E-state index is 17.1. The Kier molecular flexibility index (Phi) is 6.61. The molecule has 0 spiro atoms. The van der Waals surface area contributed by atoms with Gasteiger partial charge >= 0.3 is 5.97 Å². The van der Waals surface area contributed by atoms with Gasteiger partial charge in [-0.05, 0) is 63.7 Å². The Labute approximate surface area is 188 Å². The molecule has 31 heavy (non-hydrogen) atoms. The number of piperidine rings is 1. The average Bonchev–Trinajstić information content (AvgIpc) is 2.68. The van der Waals surface area contributed by atoms with E-state index in [2.05, 4.69) is 23.8 Å². The highest BCUT2D eigenvalue weighted by Crippen LogP contribution is 2.44. The number of halogens is 2. The molecule has 0 saturated carbocycles. The van der Waals surface area contributed by atoms with E-state index in [1.807, 2.05) is 11.0 Å². The van der Waals surface area contributed by atoms with E-state index in [-0.39, 0.29) is 5.41 Å². The molecule has 0 amide bonds. The lowest BCUT2D eigenvalue weighted by molar-refractivity contribution is -0.175. The van der Waals surface area contributed by atoms with Gasteiger partial charge in [0.15, 0.2) is 6.10 Å². The summed E-state index contributed by atoms with van der Waals surface area (Å²) >= 11 is 6.36. The number of rotatable bonds is 5. The minimum absolute atomic E-state index is 0.133. The molecular weight excluding hydrogens is 421 g/mol. The second kappa shape index (κ2) is 8.60. The molecule has 8 heteroatoms. The van der Waals surface area contributed by atoms with Gasteiger partial charge in [0, 0.05) is 24.2 Å². The Balaban J connectivity index is 2.13. The first-order valence-corrected chi connectivity index (χ1v) is 10.9. The molecule has 0 radical (unpaired) electrons. The summed E-state index contributed by atoms with van der Waals surface area (Å²) in [6, 6.07) is 2.60. The number of likely N-dealkylation sites (tertiary alicyclic amines) is 1. The van der Waals surface area contributed by atoms with Gasteiger partial charge in [0.25, 0.3) is 0 Å². The van der Waals surface area contributed by atoms with Crippen LogP contribution in [0.1, 0.15) is 53.0 Å². The number of ether oxygens (including phenoxy) is 1. The van der Waals surface area contributed by atoms with E-state index in [9.17, 15) is 9.90 Å². The highest BCUT2D eigenvalue weighted by Gasteiger charge is 2.60. The van der Waals surface area contributed by atoms with Gasteiger partial charge in [0.1, 0.15) is 5.17 Å². The zero-order valence-corrected chi connectivity index (χ0v) is 19.5. The van der Waals surface area contributed by atoms with Crippen molar-refractivity contribution in [2.24, 2.45) is 10.4 Å². The van der Waals surface area contributed by atoms with Gasteiger partial charge < -0.3 is 9.84 Å². The molecule has 0 aromatic carbocycles. The zero-order valence-electron chi connectivity index (χ0n) is 18.7. The molecule has 2 aliphatic rings. The largest absolute Gasteiger partial charge is 0.479 e. The standard InChI is InChI=1S/C23H31ClFN3O3/c1-21(2,3)31-18(19(29)30)23(25)17(28-11-8-22(4,5)9-12-28)16(14-27-20(23)24)15-7-6-10-26-13-15/h6-7,10,13-14,17-18H,8-9,11-12H2,1-5H3,(H,29,30). The van der Waals surface area contributed by atoms with E-state index in [1.165, 1.54) is 6.20 Å². The van der Waals surface area contributed by atoms with E-state index in [0.717, 1.165) is 12.8 Å². The number of hydrogen-bond acceptors (Lipinski definition) is 5. The van der Waals surface area contributed by atoms with Crippen molar-refractivity contribution in [2.75, 3.05) is 13.1 Å². The first kappa shape index (κ1) is 23.8. The minimum Gasteiger partial charge on any atom is -0.479 e. The van der Waals surface area contributed by atoms with Crippen LogP contribution in [-0.4, -0.2) is 62.6 Å². The zero-order chi connectivity index (χ0) is 23.0. The van der Waals surface area contributed by atoms with Gasteiger partial charge in [-0.3, -0.25) is 9.88 Å². The van der Waals surface area contributed by atoms with Crippen LogP contribution in [-0.2, 0) is 9.53 Å². The van der Waals surface area contributed by atoms with Crippen molar-refractivity contribution >= 4 is 28.3 Å². The molecule has 1 aromatic heterocycles. The smallest absolute Gasteiger partial charge is 0.336 e. The van der Waals surface area contributed by atoms with Crippen LogP contribution in [0.2, 0.25) is 0 Å². The molecule has 3 atom stereocenters. The highest BCUT2D eigenvalue weighted by molar-refractivity contribution is 6.68. The Morgan fingerprint density at radius 2 is 2.00 bits per heavy atom. The molecule has 3 rings (SSSR count). The fraction of sp³-hybridized carbons (Fsp3) is 0.609. The fourth-order valence-corrected chi connectivity index (χ4v) is 4.42. The molecular formula is C23H31ClFN3O3. The maximum Gasteiger partial charge on any atom is 0.336 e. The van der Waals surface area contributed by atoms with Crippen LogP contribution in [0.5, 0.6) is 0 Å². The van der Waals surface area contributed by atoms with Gasteiger partial charge in [-0.15, -0.1) is 0 Å². The summed E-state index contributed by atoms with van der Waals surface area (Å²) < 4.78 is 22.9. The third-order valence-electron chi connectivity index (χ3n) is 5.91. The van der Waals surface area contributed by atoms with E-state index in [4.69, 9.17) is 16.3 Å². The Bertz CT molecular complexity index is 872. The summed E-state index contributed by atoms with van der Waals surface area (Å²) in [6.45, 7) is 10.6. The van der Waals surface area contributed by atoms with Crippen molar-refractivity contribution in [3.63, 3.8) is 0 Å². The second-order valence-corrected chi connectivity index (χ2v) is 10.4. The number of alkyl halides is 1. The quantitative estimate of drug-likeness (QED) is 0.711. The lowest BCUT2D eigenvalue weighted by Gasteiger charge is -2.49. The van der Waals surface area contributed by atoms with Crippen LogP contribution in [0.3, 0.4) is 0 Å². The maximum atomic E-state index is 17.1. The SMILES string of the molecule is CC1(C)CCN(C2C(c3cccnc3)=CN=C(Cl)C2(F)C(OC(C)(C)C)C(=O)O)CC1. The Morgan fingerprint density at radius 1 is 1.35 bits per heavy atom. The number of carboxylic acids is 1. The highest BCUT2D eigenvalue weighted by atomic mass is 35.5. The summed E-state index contributed by atoms with van der Waals surface area (Å²) in [7, 11) is 0. The first-order chi connectivity index (χ1) is 14.3. The summed E-state index contributed by atoms with van der Waals surface area (Å²) in [4.78, 5) is 22.5. The van der Waals surface area contributed by atoms with E-state index in [0.29, 0.717) is 24.2 Å². The lowest BCUT2D eigenvalue weighted by atomic mass is 9.77. The summed E-state index contributed by atoms with van der Waals surface area (Å²) in [6.07, 6.45) is 4.66. The monoisotopic (exact) mass is 451 g/mol. The molecule has 1 saturated heterocycles. The van der Waals surface area contributed by atoms with Crippen LogP contribution in [0.4, 0.5) is 4.39 Å². The third kappa shape index (κ3) is 4.99. The van der Waals surface area contributed by atoms with Crippen LogP contribution < -0.4 is 0 Å². The number of aliphatic carboxylic acids is 1. The first-order valence-electron chi connectivity index (χ1n) is 10.5. The third-order valence-corrected chi connectivity index (χ3v) is 6.30. The van der Waals surface area contributed by atoms with Gasteiger partial charge in [0.05, 0.1) is 11.6 Å². The Hall–Kier alpha value is -1.83. The summed E-state index contributed by atoms with van der Waals surface area (Å²) in [5.74, 6) is -1.42.